The third-order valence-corrected chi connectivity index (χ3v) is 6.99. The molecular formula is C25H31ClN4O. The average molecular weight is 439 g/mol. The van der Waals surface area contributed by atoms with Crippen LogP contribution in [0.5, 0.6) is 0 Å². The fourth-order valence-corrected chi connectivity index (χ4v) is 5.78. The predicted molar refractivity (Wildman–Crippen MR) is 126 cm³/mol. The van der Waals surface area contributed by atoms with E-state index in [2.05, 4.69) is 62.8 Å². The van der Waals surface area contributed by atoms with Crippen LogP contribution in [-0.2, 0) is 0 Å². The molecule has 0 atom stereocenters. The van der Waals surface area contributed by atoms with E-state index in [9.17, 15) is 4.79 Å². The van der Waals surface area contributed by atoms with E-state index in [4.69, 9.17) is 16.9 Å². The van der Waals surface area contributed by atoms with Gasteiger partial charge in [0.1, 0.15) is 6.07 Å². The van der Waals surface area contributed by atoms with E-state index in [0.29, 0.717) is 22.1 Å². The molecule has 164 valence electrons. The van der Waals surface area contributed by atoms with Gasteiger partial charge in [0, 0.05) is 47.5 Å². The van der Waals surface area contributed by atoms with Crippen LogP contribution in [0.2, 0.25) is 5.02 Å². The number of hydrogen-bond donors (Lipinski definition) is 1. The Morgan fingerprint density at radius 1 is 1.19 bits per heavy atom. The van der Waals surface area contributed by atoms with Crippen LogP contribution in [-0.4, -0.2) is 30.0 Å². The smallest absolute Gasteiger partial charge is 0.253 e. The maximum atomic E-state index is 13.0. The number of nitrogens with one attached hydrogen (secondary N) is 1. The summed E-state index contributed by atoms with van der Waals surface area (Å²) in [4.78, 5) is 19.6. The van der Waals surface area contributed by atoms with E-state index in [1.54, 1.807) is 12.3 Å². The van der Waals surface area contributed by atoms with Crippen molar-refractivity contribution in [2.24, 2.45) is 10.8 Å². The van der Waals surface area contributed by atoms with Crippen molar-refractivity contribution in [1.29, 1.82) is 5.26 Å². The number of anilines is 1. The topological polar surface area (TPSA) is 69.0 Å². The van der Waals surface area contributed by atoms with E-state index >= 15 is 0 Å². The number of amides is 1. The molecule has 6 heteroatoms. The standard InChI is InChI=1S/C25H31ClN4O/c1-15(2)20-11-9-17(14-28-20)21(31)29-22-24(3,4)23(25(22,5)6)30(7)18-10-8-16(13-27)19(26)12-18/h8-12,14-15,22-23H,1-7H3,(H,29,31). The number of aromatic nitrogens is 1. The van der Waals surface area contributed by atoms with Gasteiger partial charge in [-0.05, 0) is 36.2 Å². The number of halogens is 1. The van der Waals surface area contributed by atoms with E-state index in [-0.39, 0.29) is 28.8 Å². The Hall–Kier alpha value is -2.58. The van der Waals surface area contributed by atoms with Crippen molar-refractivity contribution in [2.45, 2.75) is 59.5 Å². The lowest BCUT2D eigenvalue weighted by molar-refractivity contribution is -0.0682. The van der Waals surface area contributed by atoms with Gasteiger partial charge in [-0.15, -0.1) is 0 Å². The summed E-state index contributed by atoms with van der Waals surface area (Å²) in [6.07, 6.45) is 1.66. The molecule has 0 unspecified atom stereocenters. The second kappa shape index (κ2) is 8.16. The molecule has 1 amide bonds. The number of rotatable bonds is 5. The average Bonchev–Trinajstić information content (AvgIpc) is 2.71. The van der Waals surface area contributed by atoms with Crippen LogP contribution in [0.4, 0.5) is 5.69 Å². The molecule has 1 N–H and O–H groups in total. The molecule has 31 heavy (non-hydrogen) atoms. The fourth-order valence-electron chi connectivity index (χ4n) is 5.57. The fraction of sp³-hybridized carbons (Fsp3) is 0.480. The van der Waals surface area contributed by atoms with Gasteiger partial charge in [-0.25, -0.2) is 0 Å². The number of carbonyl (C=O) groups excluding carboxylic acids is 1. The molecule has 1 aromatic heterocycles. The van der Waals surface area contributed by atoms with E-state index < -0.39 is 0 Å². The molecule has 1 aromatic carbocycles. The lowest BCUT2D eigenvalue weighted by Crippen LogP contribution is -2.77. The number of hydrogen-bond acceptors (Lipinski definition) is 4. The van der Waals surface area contributed by atoms with Crippen molar-refractivity contribution in [3.8, 4) is 6.07 Å². The van der Waals surface area contributed by atoms with Gasteiger partial charge in [-0.3, -0.25) is 9.78 Å². The molecule has 0 spiro atoms. The molecule has 1 aliphatic rings. The second-order valence-electron chi connectivity index (χ2n) is 9.97. The zero-order valence-electron chi connectivity index (χ0n) is 19.3. The summed E-state index contributed by atoms with van der Waals surface area (Å²) >= 11 is 6.27. The van der Waals surface area contributed by atoms with Crippen LogP contribution in [0.25, 0.3) is 0 Å². The molecule has 1 fully saturated rings. The van der Waals surface area contributed by atoms with Crippen LogP contribution in [0.15, 0.2) is 36.5 Å². The second-order valence-corrected chi connectivity index (χ2v) is 10.4. The summed E-state index contributed by atoms with van der Waals surface area (Å²) in [6.45, 7) is 12.9. The quantitative estimate of drug-likeness (QED) is 0.678. The minimum absolute atomic E-state index is 0.0152. The SMILES string of the molecule is CC(C)c1ccc(C(=O)NC2C(C)(C)C(N(C)c3ccc(C#N)c(Cl)c3)C2(C)C)cn1. The minimum Gasteiger partial charge on any atom is -0.370 e. The van der Waals surface area contributed by atoms with Crippen LogP contribution < -0.4 is 10.2 Å². The zero-order chi connectivity index (χ0) is 23.1. The summed E-state index contributed by atoms with van der Waals surface area (Å²) in [5.41, 5.74) is 2.61. The van der Waals surface area contributed by atoms with Crippen LogP contribution in [0, 0.1) is 22.2 Å². The van der Waals surface area contributed by atoms with Crippen LogP contribution in [0.3, 0.4) is 0 Å². The van der Waals surface area contributed by atoms with Crippen molar-refractivity contribution >= 4 is 23.2 Å². The van der Waals surface area contributed by atoms with Crippen molar-refractivity contribution in [1.82, 2.24) is 10.3 Å². The largest absolute Gasteiger partial charge is 0.370 e. The lowest BCUT2D eigenvalue weighted by atomic mass is 9.47. The molecule has 2 aromatic rings. The number of pyridine rings is 1. The van der Waals surface area contributed by atoms with E-state index in [0.717, 1.165) is 11.4 Å². The highest BCUT2D eigenvalue weighted by Gasteiger charge is 2.63. The van der Waals surface area contributed by atoms with Gasteiger partial charge >= 0.3 is 0 Å². The Morgan fingerprint density at radius 3 is 2.32 bits per heavy atom. The summed E-state index contributed by atoms with van der Waals surface area (Å²) in [6, 6.07) is 11.5. The maximum absolute atomic E-state index is 13.0. The minimum atomic E-state index is -0.181. The van der Waals surface area contributed by atoms with Gasteiger partial charge in [0.05, 0.1) is 16.1 Å². The molecule has 3 rings (SSSR count). The van der Waals surface area contributed by atoms with E-state index in [1.165, 1.54) is 0 Å². The van der Waals surface area contributed by atoms with Gasteiger partial charge in [-0.2, -0.15) is 5.26 Å². The van der Waals surface area contributed by atoms with Crippen LogP contribution >= 0.6 is 11.6 Å². The Bertz CT molecular complexity index is 1000. The normalized spacial score (nSPS) is 21.2. The van der Waals surface area contributed by atoms with Crippen molar-refractivity contribution < 1.29 is 4.79 Å². The Morgan fingerprint density at radius 2 is 1.84 bits per heavy atom. The summed E-state index contributed by atoms with van der Waals surface area (Å²) in [7, 11) is 2.04. The summed E-state index contributed by atoms with van der Waals surface area (Å²) in [5, 5.41) is 12.8. The van der Waals surface area contributed by atoms with Gasteiger partial charge in [0.15, 0.2) is 0 Å². The summed E-state index contributed by atoms with van der Waals surface area (Å²) in [5.74, 6) is 0.227. The molecular weight excluding hydrogens is 408 g/mol. The Labute approximate surface area is 190 Å². The third kappa shape index (κ3) is 4.02. The molecule has 0 aliphatic heterocycles. The van der Waals surface area contributed by atoms with Gasteiger partial charge in [0.25, 0.3) is 5.91 Å². The molecule has 0 radical (unpaired) electrons. The number of nitriles is 1. The zero-order valence-corrected chi connectivity index (χ0v) is 20.1. The van der Waals surface area contributed by atoms with Gasteiger partial charge in [0.2, 0.25) is 0 Å². The summed E-state index contributed by atoms with van der Waals surface area (Å²) < 4.78 is 0. The molecule has 0 bridgehead atoms. The van der Waals surface area contributed by atoms with Crippen molar-refractivity contribution in [2.75, 3.05) is 11.9 Å². The molecule has 5 nitrogen and oxygen atoms in total. The lowest BCUT2D eigenvalue weighted by Gasteiger charge is -2.67. The number of benzene rings is 1. The Kier molecular flexibility index (Phi) is 6.08. The first-order valence-electron chi connectivity index (χ1n) is 10.6. The highest BCUT2D eigenvalue weighted by atomic mass is 35.5. The van der Waals surface area contributed by atoms with E-state index in [1.807, 2.05) is 31.3 Å². The first-order valence-corrected chi connectivity index (χ1v) is 11.0. The molecule has 1 saturated carbocycles. The monoisotopic (exact) mass is 438 g/mol. The molecule has 1 heterocycles. The first-order chi connectivity index (χ1) is 14.4. The van der Waals surface area contributed by atoms with Crippen molar-refractivity contribution in [3.63, 3.8) is 0 Å². The van der Waals surface area contributed by atoms with Crippen molar-refractivity contribution in [3.05, 3.63) is 58.4 Å². The Balaban J connectivity index is 1.80. The number of carbonyl (C=O) groups is 1. The predicted octanol–water partition coefficient (Wildman–Crippen LogP) is 5.40. The third-order valence-electron chi connectivity index (χ3n) is 6.68. The number of nitrogens with zero attached hydrogens (tertiary/aromatic N) is 3. The van der Waals surface area contributed by atoms with Gasteiger partial charge in [-0.1, -0.05) is 53.1 Å². The molecule has 1 aliphatic carbocycles. The maximum Gasteiger partial charge on any atom is 0.253 e. The molecule has 0 saturated heterocycles. The van der Waals surface area contributed by atoms with Crippen LogP contribution in [0.1, 0.15) is 69.1 Å². The highest BCUT2D eigenvalue weighted by molar-refractivity contribution is 6.32. The first kappa shape index (κ1) is 23.1. The highest BCUT2D eigenvalue weighted by Crippen LogP contribution is 2.56. The van der Waals surface area contributed by atoms with Gasteiger partial charge < -0.3 is 10.2 Å².